The minimum atomic E-state index is 0.216. The number of nitrogens with one attached hydrogen (secondary N) is 1. The van der Waals surface area contributed by atoms with Crippen molar-refractivity contribution in [3.05, 3.63) is 35.2 Å². The number of allylic oxidation sites excluding steroid dienone is 2. The number of morpholine rings is 1. The molecule has 2 heterocycles. The number of rotatable bonds is 5. The molecule has 142 valence electrons. The van der Waals surface area contributed by atoms with E-state index in [1.54, 1.807) is 13.0 Å². The highest BCUT2D eigenvalue weighted by atomic mass is 16.5. The van der Waals surface area contributed by atoms with Crippen LogP contribution in [0.1, 0.15) is 26.3 Å². The fourth-order valence-electron chi connectivity index (χ4n) is 2.88. The van der Waals surface area contributed by atoms with Gasteiger partial charge in [-0.2, -0.15) is 0 Å². The largest absolute Gasteiger partial charge is 0.402 e. The summed E-state index contributed by atoms with van der Waals surface area (Å²) in [6.07, 6.45) is 1.61. The first-order valence-electron chi connectivity index (χ1n) is 8.60. The van der Waals surface area contributed by atoms with Gasteiger partial charge < -0.3 is 32.2 Å². The number of anilines is 1. The van der Waals surface area contributed by atoms with Gasteiger partial charge in [-0.05, 0) is 39.0 Å². The summed E-state index contributed by atoms with van der Waals surface area (Å²) in [5.41, 5.74) is 20.6. The highest BCUT2D eigenvalue weighted by Gasteiger charge is 2.21. The van der Waals surface area contributed by atoms with Gasteiger partial charge in [-0.3, -0.25) is 0 Å². The van der Waals surface area contributed by atoms with Gasteiger partial charge in [-0.15, -0.1) is 0 Å². The number of aliphatic imine (C=N–C) groups is 1. The van der Waals surface area contributed by atoms with Crippen LogP contribution in [0.3, 0.4) is 0 Å². The number of nitrogens with zero attached hydrogens (tertiary/aromatic N) is 3. The first-order valence-corrected chi connectivity index (χ1v) is 8.60. The van der Waals surface area contributed by atoms with E-state index in [2.05, 4.69) is 27.1 Å². The van der Waals surface area contributed by atoms with Crippen LogP contribution in [0.2, 0.25) is 0 Å². The molecule has 0 radical (unpaired) electrons. The van der Waals surface area contributed by atoms with Crippen molar-refractivity contribution in [2.45, 2.75) is 26.8 Å². The highest BCUT2D eigenvalue weighted by Crippen LogP contribution is 2.26. The minimum absolute atomic E-state index is 0.216. The average Bonchev–Trinajstić information content (AvgIpc) is 2.54. The molecule has 8 heteroatoms. The summed E-state index contributed by atoms with van der Waals surface area (Å²) in [4.78, 5) is 11.3. The van der Waals surface area contributed by atoms with E-state index < -0.39 is 0 Å². The van der Waals surface area contributed by atoms with Crippen molar-refractivity contribution in [1.82, 2.24) is 10.3 Å². The van der Waals surface area contributed by atoms with E-state index in [0.29, 0.717) is 36.3 Å². The van der Waals surface area contributed by atoms with E-state index in [0.717, 1.165) is 23.6 Å². The topological polar surface area (TPSA) is 128 Å². The van der Waals surface area contributed by atoms with Crippen molar-refractivity contribution in [3.8, 4) is 0 Å². The number of nitrogens with two attached hydrogens (primary N) is 3. The van der Waals surface area contributed by atoms with E-state index in [4.69, 9.17) is 21.9 Å². The summed E-state index contributed by atoms with van der Waals surface area (Å²) in [7, 11) is 1.83. The molecule has 1 aromatic rings. The van der Waals surface area contributed by atoms with Gasteiger partial charge >= 0.3 is 0 Å². The lowest BCUT2D eigenvalue weighted by atomic mass is 10.1. The molecule has 1 aromatic heterocycles. The Balaban J connectivity index is 2.56. The molecule has 2 rings (SSSR count). The second-order valence-corrected chi connectivity index (χ2v) is 6.42. The molecule has 1 aliphatic rings. The van der Waals surface area contributed by atoms with Gasteiger partial charge in [0.25, 0.3) is 0 Å². The third-order valence-corrected chi connectivity index (χ3v) is 4.01. The second-order valence-electron chi connectivity index (χ2n) is 6.42. The van der Waals surface area contributed by atoms with Gasteiger partial charge in [0, 0.05) is 30.5 Å². The van der Waals surface area contributed by atoms with Crippen molar-refractivity contribution in [3.63, 3.8) is 0 Å². The standard InChI is InChI=1S/C18H29N7O/c1-11(19)7-15(21)23-16-8-14(18(22-4)13(3)20)9-17(24-16)25-5-6-26-10-12(25)2/h7-9,12,22H,5-6,10,19-20H2,1-4H3,(H2,21,23,24)/b11-7?,18-13-. The van der Waals surface area contributed by atoms with Gasteiger partial charge in [0.15, 0.2) is 5.82 Å². The molecule has 0 aromatic carbocycles. The second kappa shape index (κ2) is 8.57. The molecule has 1 atom stereocenters. The van der Waals surface area contributed by atoms with Gasteiger partial charge in [-0.25, -0.2) is 9.98 Å². The zero-order valence-corrected chi connectivity index (χ0v) is 15.9. The van der Waals surface area contributed by atoms with E-state index >= 15 is 0 Å². The molecule has 1 unspecified atom stereocenters. The summed E-state index contributed by atoms with van der Waals surface area (Å²) in [6, 6.07) is 4.07. The third-order valence-electron chi connectivity index (χ3n) is 4.01. The molecule has 0 amide bonds. The van der Waals surface area contributed by atoms with E-state index in [-0.39, 0.29) is 6.04 Å². The maximum Gasteiger partial charge on any atom is 0.157 e. The Kier molecular flexibility index (Phi) is 6.46. The van der Waals surface area contributed by atoms with Gasteiger partial charge in [0.05, 0.1) is 25.0 Å². The molecule has 8 nitrogen and oxygen atoms in total. The van der Waals surface area contributed by atoms with Crippen LogP contribution in [0.25, 0.3) is 5.70 Å². The van der Waals surface area contributed by atoms with Crippen molar-refractivity contribution in [1.29, 1.82) is 0 Å². The molecule has 1 fully saturated rings. The number of amidine groups is 1. The van der Waals surface area contributed by atoms with Gasteiger partial charge in [0.1, 0.15) is 11.7 Å². The lowest BCUT2D eigenvalue weighted by Crippen LogP contribution is -2.44. The van der Waals surface area contributed by atoms with Crippen molar-refractivity contribution < 1.29 is 4.74 Å². The van der Waals surface area contributed by atoms with Crippen LogP contribution in [0.5, 0.6) is 0 Å². The SMILES string of the molecule is CN/C(=C(/C)N)c1cc(N=C(N)C=C(C)N)nc(N2CCOCC2C)c1. The Morgan fingerprint density at radius 2 is 2.08 bits per heavy atom. The van der Waals surface area contributed by atoms with Crippen LogP contribution in [0.4, 0.5) is 11.6 Å². The van der Waals surface area contributed by atoms with Crippen LogP contribution < -0.4 is 27.4 Å². The Labute approximate surface area is 154 Å². The summed E-state index contributed by atoms with van der Waals surface area (Å²) < 4.78 is 5.53. The quantitative estimate of drug-likeness (QED) is 0.456. The van der Waals surface area contributed by atoms with Crippen molar-refractivity contribution in [2.75, 3.05) is 31.7 Å². The lowest BCUT2D eigenvalue weighted by Gasteiger charge is -2.34. The first-order chi connectivity index (χ1) is 12.3. The molecule has 0 saturated carbocycles. The maximum absolute atomic E-state index is 6.03. The zero-order valence-electron chi connectivity index (χ0n) is 15.9. The molecule has 1 saturated heterocycles. The molecular weight excluding hydrogens is 330 g/mol. The molecular formula is C18H29N7O. The number of hydrogen-bond acceptors (Lipinski definition) is 7. The molecule has 0 bridgehead atoms. The third kappa shape index (κ3) is 4.89. The van der Waals surface area contributed by atoms with Gasteiger partial charge in [-0.1, -0.05) is 0 Å². The molecule has 0 spiro atoms. The monoisotopic (exact) mass is 359 g/mol. The van der Waals surface area contributed by atoms with Crippen LogP contribution in [0.15, 0.2) is 34.6 Å². The average molecular weight is 359 g/mol. The van der Waals surface area contributed by atoms with Crippen LogP contribution in [-0.2, 0) is 4.74 Å². The fraction of sp³-hybridized carbons (Fsp3) is 0.444. The van der Waals surface area contributed by atoms with E-state index in [1.807, 2.05) is 26.1 Å². The predicted octanol–water partition coefficient (Wildman–Crippen LogP) is 1.02. The Bertz CT molecular complexity index is 731. The smallest absolute Gasteiger partial charge is 0.157 e. The number of aromatic nitrogens is 1. The van der Waals surface area contributed by atoms with Crippen molar-refractivity contribution >= 4 is 23.2 Å². The number of ether oxygens (including phenoxy) is 1. The highest BCUT2D eigenvalue weighted by molar-refractivity contribution is 5.93. The summed E-state index contributed by atoms with van der Waals surface area (Å²) in [5, 5.41) is 3.14. The fourth-order valence-corrected chi connectivity index (χ4v) is 2.88. The number of pyridine rings is 1. The van der Waals surface area contributed by atoms with Crippen LogP contribution in [0, 0.1) is 0 Å². The maximum atomic E-state index is 6.03. The van der Waals surface area contributed by atoms with Crippen LogP contribution in [-0.4, -0.2) is 43.7 Å². The first kappa shape index (κ1) is 19.6. The minimum Gasteiger partial charge on any atom is -0.402 e. The normalized spacial score (nSPS) is 20.0. The molecule has 26 heavy (non-hydrogen) atoms. The summed E-state index contributed by atoms with van der Waals surface area (Å²) >= 11 is 0. The lowest BCUT2D eigenvalue weighted by molar-refractivity contribution is 0.0985. The van der Waals surface area contributed by atoms with E-state index in [1.165, 1.54) is 0 Å². The summed E-state index contributed by atoms with van der Waals surface area (Å²) in [5.74, 6) is 1.61. The van der Waals surface area contributed by atoms with Gasteiger partial charge in [0.2, 0.25) is 0 Å². The van der Waals surface area contributed by atoms with Crippen LogP contribution >= 0.6 is 0 Å². The van der Waals surface area contributed by atoms with Crippen molar-refractivity contribution in [2.24, 2.45) is 22.2 Å². The molecule has 1 aliphatic heterocycles. The zero-order chi connectivity index (χ0) is 19.3. The molecule has 0 aliphatic carbocycles. The Hall–Kier alpha value is -2.74. The number of hydrogen-bond donors (Lipinski definition) is 4. The predicted molar refractivity (Wildman–Crippen MR) is 107 cm³/mol. The molecule has 7 N–H and O–H groups in total. The Morgan fingerprint density at radius 1 is 1.35 bits per heavy atom. The summed E-state index contributed by atoms with van der Waals surface area (Å²) in [6.45, 7) is 7.80. The Morgan fingerprint density at radius 3 is 2.65 bits per heavy atom. The van der Waals surface area contributed by atoms with E-state index in [9.17, 15) is 0 Å².